The highest BCUT2D eigenvalue weighted by Gasteiger charge is 2.23. The number of anilines is 2. The second-order valence-electron chi connectivity index (χ2n) is 8.94. The fraction of sp³-hybridized carbons (Fsp3) is 0.423. The molecule has 198 valence electrons. The third kappa shape index (κ3) is 6.28. The van der Waals surface area contributed by atoms with Crippen LogP contribution in [0.2, 0.25) is 0 Å². The number of carbonyl (C=O) groups excluding carboxylic acids is 1. The zero-order valence-corrected chi connectivity index (χ0v) is 23.3. The normalized spacial score (nSPS) is 15.6. The number of hydrogen-bond acceptors (Lipinski definition) is 9. The lowest BCUT2D eigenvalue weighted by Gasteiger charge is -2.28. The number of thiazole rings is 1. The molecule has 0 spiro atoms. The van der Waals surface area contributed by atoms with E-state index in [1.165, 1.54) is 14.2 Å². The number of esters is 1. The molecule has 37 heavy (non-hydrogen) atoms. The molecule has 4 rings (SSSR count). The van der Waals surface area contributed by atoms with Crippen LogP contribution in [0.1, 0.15) is 41.4 Å². The van der Waals surface area contributed by atoms with Gasteiger partial charge in [-0.3, -0.25) is 0 Å². The van der Waals surface area contributed by atoms with Gasteiger partial charge in [-0.05, 0) is 69.4 Å². The first kappa shape index (κ1) is 27.0. The minimum atomic E-state index is -1.67. The molecule has 0 bridgehead atoms. The molecule has 1 saturated heterocycles. The van der Waals surface area contributed by atoms with Crippen molar-refractivity contribution in [2.45, 2.75) is 44.6 Å². The Morgan fingerprint density at radius 2 is 1.97 bits per heavy atom. The molecule has 0 aliphatic carbocycles. The topological polar surface area (TPSA) is 112 Å². The Morgan fingerprint density at radius 1 is 1.22 bits per heavy atom. The highest BCUT2D eigenvalue weighted by atomic mass is 32.2. The van der Waals surface area contributed by atoms with Gasteiger partial charge in [-0.1, -0.05) is 11.3 Å². The molecule has 1 aliphatic rings. The maximum atomic E-state index is 13.4. The van der Waals surface area contributed by atoms with Crippen LogP contribution in [0.5, 0.6) is 5.88 Å². The van der Waals surface area contributed by atoms with Gasteiger partial charge in [0.25, 0.3) is 0 Å². The third-order valence-electron chi connectivity index (χ3n) is 6.44. The Hall–Kier alpha value is -3.02. The number of aromatic nitrogens is 2. The van der Waals surface area contributed by atoms with Gasteiger partial charge in [0.1, 0.15) is 4.90 Å². The summed E-state index contributed by atoms with van der Waals surface area (Å²) in [7, 11) is 1.16. The first-order chi connectivity index (χ1) is 17.8. The predicted octanol–water partition coefficient (Wildman–Crippen LogP) is 4.98. The Labute approximate surface area is 223 Å². The fourth-order valence-corrected chi connectivity index (χ4v) is 6.39. The molecule has 0 radical (unpaired) electrons. The molecule has 0 saturated carbocycles. The molecule has 11 heteroatoms. The van der Waals surface area contributed by atoms with E-state index in [1.807, 2.05) is 19.9 Å². The van der Waals surface area contributed by atoms with Crippen LogP contribution in [0.4, 0.5) is 10.8 Å². The number of nitrogens with one attached hydrogen (secondary N) is 2. The van der Waals surface area contributed by atoms with Crippen molar-refractivity contribution in [2.24, 2.45) is 5.92 Å². The number of nitrogens with zero attached hydrogens (tertiary/aromatic N) is 2. The molecular weight excluding hydrogens is 512 g/mol. The van der Waals surface area contributed by atoms with E-state index in [1.54, 1.807) is 35.7 Å². The van der Waals surface area contributed by atoms with E-state index >= 15 is 0 Å². The molecule has 9 nitrogen and oxygen atoms in total. The summed E-state index contributed by atoms with van der Waals surface area (Å²) in [5.74, 6) is 0.395. The van der Waals surface area contributed by atoms with Crippen LogP contribution in [-0.2, 0) is 20.5 Å². The molecule has 2 atom stereocenters. The molecule has 1 fully saturated rings. The van der Waals surface area contributed by atoms with Crippen LogP contribution in [0.3, 0.4) is 0 Å². The highest BCUT2D eigenvalue weighted by Crippen LogP contribution is 2.36. The van der Waals surface area contributed by atoms with Crippen molar-refractivity contribution in [2.75, 3.05) is 37.5 Å². The molecule has 1 aliphatic heterocycles. The number of methoxy groups -OCH3 is 2. The highest BCUT2D eigenvalue weighted by molar-refractivity contribution is 7.86. The van der Waals surface area contributed by atoms with Crippen LogP contribution in [0.25, 0.3) is 10.4 Å². The van der Waals surface area contributed by atoms with Gasteiger partial charge in [-0.25, -0.2) is 19.0 Å². The zero-order chi connectivity index (χ0) is 26.5. The fourth-order valence-electron chi connectivity index (χ4n) is 4.27. The van der Waals surface area contributed by atoms with Crippen LogP contribution in [-0.4, -0.2) is 53.6 Å². The molecular formula is C26H32N4O5S2. The minimum Gasteiger partial charge on any atom is -0.480 e. The van der Waals surface area contributed by atoms with Crippen LogP contribution < -0.4 is 14.8 Å². The van der Waals surface area contributed by atoms with Crippen LogP contribution in [0.15, 0.2) is 35.4 Å². The van der Waals surface area contributed by atoms with Crippen LogP contribution >= 0.6 is 11.3 Å². The van der Waals surface area contributed by atoms with Gasteiger partial charge in [0, 0.05) is 36.7 Å². The van der Waals surface area contributed by atoms with Crippen molar-refractivity contribution in [3.05, 3.63) is 47.3 Å². The number of pyridine rings is 1. The number of aryl methyl sites for hydroxylation is 2. The molecule has 3 heterocycles. The van der Waals surface area contributed by atoms with E-state index in [4.69, 9.17) is 19.2 Å². The number of rotatable bonds is 9. The standard InChI is InChI=1S/C26H32N4O5S2/c1-15-12-19(25(31)34-5)6-7-21(15)30-37(32)22-13-20(14-27-24(22)33-4)23-17(3)29-26(36-23)28-16(2)18-8-10-35-11-9-18/h6-7,12-14,16,18,30H,8-11H2,1-5H3,(H,28,29). The largest absolute Gasteiger partial charge is 0.480 e. The van der Waals surface area contributed by atoms with Gasteiger partial charge < -0.3 is 24.2 Å². The van der Waals surface area contributed by atoms with Gasteiger partial charge in [-0.2, -0.15) is 0 Å². The van der Waals surface area contributed by atoms with E-state index in [2.05, 4.69) is 21.9 Å². The lowest BCUT2D eigenvalue weighted by atomic mass is 9.93. The number of ether oxygens (including phenoxy) is 3. The van der Waals surface area contributed by atoms with Gasteiger partial charge in [0.2, 0.25) is 5.88 Å². The Kier molecular flexibility index (Phi) is 8.78. The van der Waals surface area contributed by atoms with Crippen molar-refractivity contribution < 1.29 is 23.2 Å². The summed E-state index contributed by atoms with van der Waals surface area (Å²) in [6, 6.07) is 7.12. The summed E-state index contributed by atoms with van der Waals surface area (Å²) < 4.78 is 32.0. The van der Waals surface area contributed by atoms with Gasteiger partial charge >= 0.3 is 5.97 Å². The number of carbonyl (C=O) groups is 1. The van der Waals surface area contributed by atoms with Crippen LogP contribution in [0, 0.1) is 19.8 Å². The first-order valence-corrected chi connectivity index (χ1v) is 14.0. The van der Waals surface area contributed by atoms with Gasteiger partial charge in [0.05, 0.1) is 30.4 Å². The van der Waals surface area contributed by atoms with Gasteiger partial charge in [0.15, 0.2) is 16.1 Å². The van der Waals surface area contributed by atoms with Crippen molar-refractivity contribution in [3.8, 4) is 16.3 Å². The molecule has 2 unspecified atom stereocenters. The van der Waals surface area contributed by atoms with E-state index in [0.717, 1.165) is 52.9 Å². The van der Waals surface area contributed by atoms with E-state index in [0.29, 0.717) is 22.1 Å². The number of benzene rings is 1. The maximum Gasteiger partial charge on any atom is 0.337 e. The average Bonchev–Trinajstić information content (AvgIpc) is 3.28. The smallest absolute Gasteiger partial charge is 0.337 e. The summed E-state index contributed by atoms with van der Waals surface area (Å²) in [6.07, 6.45) is 3.80. The van der Waals surface area contributed by atoms with Crippen molar-refractivity contribution in [1.29, 1.82) is 0 Å². The Balaban J connectivity index is 1.55. The Bertz CT molecular complexity index is 1290. The van der Waals surface area contributed by atoms with E-state index in [9.17, 15) is 9.00 Å². The second kappa shape index (κ2) is 12.0. The molecule has 0 amide bonds. The lowest BCUT2D eigenvalue weighted by Crippen LogP contribution is -2.30. The quantitative estimate of drug-likeness (QED) is 0.363. The van der Waals surface area contributed by atoms with Gasteiger partial charge in [-0.15, -0.1) is 0 Å². The zero-order valence-electron chi connectivity index (χ0n) is 21.6. The summed E-state index contributed by atoms with van der Waals surface area (Å²) in [5.41, 5.74) is 3.49. The average molecular weight is 545 g/mol. The summed E-state index contributed by atoms with van der Waals surface area (Å²) in [5, 5.41) is 4.41. The summed E-state index contributed by atoms with van der Waals surface area (Å²) >= 11 is 1.55. The summed E-state index contributed by atoms with van der Waals surface area (Å²) in [6.45, 7) is 7.59. The molecule has 2 aromatic heterocycles. The molecule has 2 N–H and O–H groups in total. The third-order valence-corrected chi connectivity index (χ3v) is 8.68. The minimum absolute atomic E-state index is 0.270. The molecule has 1 aromatic carbocycles. The van der Waals surface area contributed by atoms with E-state index < -0.39 is 17.0 Å². The van der Waals surface area contributed by atoms with Crippen molar-refractivity contribution in [3.63, 3.8) is 0 Å². The lowest BCUT2D eigenvalue weighted by molar-refractivity contribution is 0.0600. The monoisotopic (exact) mass is 544 g/mol. The summed E-state index contributed by atoms with van der Waals surface area (Å²) in [4.78, 5) is 22.3. The molecule has 3 aromatic rings. The first-order valence-electron chi connectivity index (χ1n) is 12.0. The SMILES string of the molecule is COC(=O)c1ccc(NS(=O)c2cc(-c3sc(NC(C)C4CCOCC4)nc3C)cnc2OC)c(C)c1. The second-order valence-corrected chi connectivity index (χ2v) is 11.1. The maximum absolute atomic E-state index is 13.4. The Morgan fingerprint density at radius 3 is 2.65 bits per heavy atom. The van der Waals surface area contributed by atoms with E-state index in [-0.39, 0.29) is 11.9 Å². The number of hydrogen-bond donors (Lipinski definition) is 2. The van der Waals surface area contributed by atoms with Crippen molar-refractivity contribution in [1.82, 2.24) is 9.97 Å². The predicted molar refractivity (Wildman–Crippen MR) is 146 cm³/mol. The van der Waals surface area contributed by atoms with Crippen molar-refractivity contribution >= 4 is 39.1 Å².